The second-order valence-corrected chi connectivity index (χ2v) is 7.87. The Balaban J connectivity index is 1.80. The van der Waals surface area contributed by atoms with E-state index in [0.717, 1.165) is 0 Å². The van der Waals surface area contributed by atoms with Crippen LogP contribution in [0.2, 0.25) is 0 Å². The number of hydrogen-bond acceptors (Lipinski definition) is 5. The lowest BCUT2D eigenvalue weighted by molar-refractivity contribution is -0.134. The molecule has 0 bridgehead atoms. The molecule has 0 spiro atoms. The minimum Gasteiger partial charge on any atom is -0.423 e. The van der Waals surface area contributed by atoms with Crippen molar-refractivity contribution in [3.63, 3.8) is 0 Å². The van der Waals surface area contributed by atoms with Crippen LogP contribution in [0.3, 0.4) is 0 Å². The van der Waals surface area contributed by atoms with Crippen LogP contribution in [0.15, 0.2) is 18.2 Å². The molecular weight excluding hydrogens is 354 g/mol. The molecule has 1 aromatic carbocycles. The molecule has 0 aliphatic carbocycles. The summed E-state index contributed by atoms with van der Waals surface area (Å²) < 4.78 is 31.7. The highest BCUT2D eigenvalue weighted by molar-refractivity contribution is 6.62. The van der Waals surface area contributed by atoms with Crippen LogP contribution in [0.4, 0.5) is 14.9 Å². The molecule has 2 aliphatic heterocycles. The van der Waals surface area contributed by atoms with E-state index >= 15 is 0 Å². The van der Waals surface area contributed by atoms with Crippen LogP contribution in [-0.2, 0) is 18.8 Å². The number of anilines is 1. The van der Waals surface area contributed by atoms with Crippen molar-refractivity contribution in [3.05, 3.63) is 24.0 Å². The molecule has 7 nitrogen and oxygen atoms in total. The van der Waals surface area contributed by atoms with E-state index < -0.39 is 36.5 Å². The van der Waals surface area contributed by atoms with Gasteiger partial charge in [-0.1, -0.05) is 6.07 Å². The minimum absolute atomic E-state index is 0.129. The summed E-state index contributed by atoms with van der Waals surface area (Å²) in [5.74, 6) is -0.765. The molecule has 9 heteroatoms. The average molecular weight is 378 g/mol. The molecule has 0 N–H and O–H groups in total. The number of amides is 2. The fourth-order valence-corrected chi connectivity index (χ4v) is 2.91. The van der Waals surface area contributed by atoms with Crippen LogP contribution in [0, 0.1) is 5.82 Å². The van der Waals surface area contributed by atoms with Crippen LogP contribution < -0.4 is 10.4 Å². The average Bonchev–Trinajstić information content (AvgIpc) is 3.03. The molecule has 2 heterocycles. The van der Waals surface area contributed by atoms with Crippen molar-refractivity contribution >= 4 is 30.3 Å². The lowest BCUT2D eigenvalue weighted by Gasteiger charge is -2.32. The lowest BCUT2D eigenvalue weighted by atomic mass is 9.78. The van der Waals surface area contributed by atoms with Gasteiger partial charge in [-0.2, -0.15) is 0 Å². The normalized spacial score (nSPS) is 23.5. The predicted molar refractivity (Wildman–Crippen MR) is 98.2 cm³/mol. The van der Waals surface area contributed by atoms with Crippen molar-refractivity contribution in [2.24, 2.45) is 0 Å². The van der Waals surface area contributed by atoms with Gasteiger partial charge in [-0.3, -0.25) is 9.69 Å². The molecule has 2 fully saturated rings. The number of nitrogens with zero attached hydrogens (tertiary/aromatic N) is 2. The maximum atomic E-state index is 14.8. The van der Waals surface area contributed by atoms with Crippen LogP contribution in [0.5, 0.6) is 0 Å². The summed E-state index contributed by atoms with van der Waals surface area (Å²) in [6.45, 7) is 9.09. The Hall–Kier alpha value is -2.13. The van der Waals surface area contributed by atoms with Gasteiger partial charge in [0.25, 0.3) is 0 Å². The third-order valence-corrected chi connectivity index (χ3v) is 5.53. The number of likely N-dealkylation sites (N-methyl/N-ethyl adjacent to an activating group) is 1. The zero-order valence-corrected chi connectivity index (χ0v) is 16.4. The first kappa shape index (κ1) is 19.6. The third-order valence-electron chi connectivity index (χ3n) is 5.53. The molecule has 2 saturated heterocycles. The quantitative estimate of drug-likeness (QED) is 0.752. The van der Waals surface area contributed by atoms with Gasteiger partial charge in [-0.15, -0.1) is 0 Å². The van der Waals surface area contributed by atoms with Crippen LogP contribution in [-0.4, -0.2) is 55.0 Å². The van der Waals surface area contributed by atoms with Crippen molar-refractivity contribution in [3.8, 4) is 0 Å². The first-order valence-corrected chi connectivity index (χ1v) is 8.79. The Morgan fingerprint density at radius 3 is 2.37 bits per heavy atom. The van der Waals surface area contributed by atoms with E-state index in [4.69, 9.17) is 14.0 Å². The van der Waals surface area contributed by atoms with Gasteiger partial charge < -0.3 is 18.9 Å². The molecule has 27 heavy (non-hydrogen) atoms. The van der Waals surface area contributed by atoms with E-state index in [0.29, 0.717) is 5.69 Å². The number of carbonyl (C=O) groups excluding carboxylic acids is 2. The first-order valence-electron chi connectivity index (χ1n) is 8.79. The van der Waals surface area contributed by atoms with E-state index in [1.54, 1.807) is 19.2 Å². The Bertz CT molecular complexity index is 769. The summed E-state index contributed by atoms with van der Waals surface area (Å²) in [4.78, 5) is 26.2. The number of rotatable bonds is 3. The fourth-order valence-electron chi connectivity index (χ4n) is 2.91. The highest BCUT2D eigenvalue weighted by Gasteiger charge is 2.52. The predicted octanol–water partition coefficient (Wildman–Crippen LogP) is 1.89. The number of carbonyl (C=O) groups is 2. The second kappa shape index (κ2) is 6.49. The van der Waals surface area contributed by atoms with Gasteiger partial charge >= 0.3 is 13.2 Å². The summed E-state index contributed by atoms with van der Waals surface area (Å²) in [5, 5.41) is 0. The van der Waals surface area contributed by atoms with Gasteiger partial charge in [0.05, 0.1) is 23.4 Å². The zero-order valence-electron chi connectivity index (χ0n) is 16.4. The number of cyclic esters (lactones) is 1. The van der Waals surface area contributed by atoms with Crippen molar-refractivity contribution in [2.45, 2.75) is 52.0 Å². The minimum atomic E-state index is -0.828. The SMILES string of the molecule is CC(=O)N(C)C1CN(c2ccc(B3OC(C)(C)C(C)(C)O3)c(F)c2)C(=O)O1. The highest BCUT2D eigenvalue weighted by atomic mass is 19.1. The van der Waals surface area contributed by atoms with Crippen molar-refractivity contribution < 1.29 is 28.0 Å². The molecule has 1 unspecified atom stereocenters. The van der Waals surface area contributed by atoms with Crippen molar-refractivity contribution in [1.82, 2.24) is 4.90 Å². The van der Waals surface area contributed by atoms with E-state index in [2.05, 4.69) is 0 Å². The van der Waals surface area contributed by atoms with E-state index in [1.807, 2.05) is 27.7 Å². The van der Waals surface area contributed by atoms with Gasteiger partial charge in [0.1, 0.15) is 5.82 Å². The van der Waals surface area contributed by atoms with Crippen LogP contribution in [0.1, 0.15) is 34.6 Å². The molecule has 0 radical (unpaired) electrons. The Kier molecular flexibility index (Phi) is 4.72. The molecular formula is C18H24BFN2O5. The fraction of sp³-hybridized carbons (Fsp3) is 0.556. The van der Waals surface area contributed by atoms with Gasteiger partial charge in [-0.05, 0) is 39.8 Å². The van der Waals surface area contributed by atoms with Crippen molar-refractivity contribution in [1.29, 1.82) is 0 Å². The number of halogens is 1. The van der Waals surface area contributed by atoms with Gasteiger partial charge in [0, 0.05) is 19.4 Å². The highest BCUT2D eigenvalue weighted by Crippen LogP contribution is 2.37. The number of hydrogen-bond donors (Lipinski definition) is 0. The molecule has 0 aromatic heterocycles. The summed E-state index contributed by atoms with van der Waals surface area (Å²) >= 11 is 0. The first-order chi connectivity index (χ1) is 12.4. The summed E-state index contributed by atoms with van der Waals surface area (Å²) in [6, 6.07) is 4.40. The second-order valence-electron chi connectivity index (χ2n) is 7.87. The smallest absolute Gasteiger partial charge is 0.423 e. The van der Waals surface area contributed by atoms with Gasteiger partial charge in [0.2, 0.25) is 5.91 Å². The van der Waals surface area contributed by atoms with Gasteiger partial charge in [-0.25, -0.2) is 9.18 Å². The van der Waals surface area contributed by atoms with Crippen LogP contribution in [0.25, 0.3) is 0 Å². The Labute approximate surface area is 158 Å². The largest absolute Gasteiger partial charge is 0.497 e. The molecule has 146 valence electrons. The van der Waals surface area contributed by atoms with Crippen molar-refractivity contribution in [2.75, 3.05) is 18.5 Å². The molecule has 1 atom stereocenters. The molecule has 3 rings (SSSR count). The van der Waals surface area contributed by atoms with Crippen LogP contribution >= 0.6 is 0 Å². The Morgan fingerprint density at radius 2 is 1.85 bits per heavy atom. The zero-order chi connectivity index (χ0) is 20.1. The molecule has 2 amide bonds. The number of benzene rings is 1. The maximum Gasteiger partial charge on any atom is 0.497 e. The number of ether oxygens (including phenoxy) is 1. The van der Waals surface area contributed by atoms with E-state index in [1.165, 1.54) is 22.8 Å². The topological polar surface area (TPSA) is 68.3 Å². The summed E-state index contributed by atoms with van der Waals surface area (Å²) in [7, 11) is 0.720. The summed E-state index contributed by atoms with van der Waals surface area (Å²) in [6.07, 6.45) is -1.34. The third kappa shape index (κ3) is 3.41. The van der Waals surface area contributed by atoms with Gasteiger partial charge in [0.15, 0.2) is 6.23 Å². The van der Waals surface area contributed by atoms with E-state index in [9.17, 15) is 14.0 Å². The summed E-state index contributed by atoms with van der Waals surface area (Å²) in [5.41, 5.74) is -0.544. The van der Waals surface area contributed by atoms with E-state index in [-0.39, 0.29) is 17.9 Å². The maximum absolute atomic E-state index is 14.8. The molecule has 2 aliphatic rings. The Morgan fingerprint density at radius 1 is 1.26 bits per heavy atom. The lowest BCUT2D eigenvalue weighted by Crippen LogP contribution is -2.41. The monoisotopic (exact) mass is 378 g/mol. The molecule has 1 aromatic rings. The molecule has 0 saturated carbocycles. The standard InChI is InChI=1S/C18H24BFN2O5/c1-11(23)21(6)15-10-22(16(24)25-15)12-7-8-13(14(20)9-12)19-26-17(2,3)18(4,5)27-19/h7-9,15H,10H2,1-6H3.